The molecule has 3 N–H and O–H groups in total. The molecule has 0 saturated carbocycles. The minimum atomic E-state index is -4.96. The van der Waals surface area contributed by atoms with Crippen molar-refractivity contribution in [2.24, 2.45) is 23.7 Å². The van der Waals surface area contributed by atoms with Crippen LogP contribution >= 0.6 is 15.6 Å². The van der Waals surface area contributed by atoms with Crippen molar-refractivity contribution in [3.8, 4) is 0 Å². The summed E-state index contributed by atoms with van der Waals surface area (Å²) >= 11 is 0. The first kappa shape index (κ1) is 92.1. The Morgan fingerprint density at radius 3 is 0.755 bits per heavy atom. The molecule has 0 fully saturated rings. The van der Waals surface area contributed by atoms with Gasteiger partial charge in [0.05, 0.1) is 26.4 Å². The Balaban J connectivity index is 5.16. The van der Waals surface area contributed by atoms with E-state index < -0.39 is 97.5 Å². The maximum absolute atomic E-state index is 13.1. The summed E-state index contributed by atoms with van der Waals surface area (Å²) in [5, 5.41) is 10.6. The second kappa shape index (κ2) is 64.4. The Hall–Kier alpha value is -1.94. The molecule has 0 aliphatic heterocycles. The van der Waals surface area contributed by atoms with Gasteiger partial charge in [0.15, 0.2) is 12.2 Å². The molecule has 0 bridgehead atoms. The normalized spacial score (nSPS) is 14.4. The van der Waals surface area contributed by atoms with Gasteiger partial charge in [-0.1, -0.05) is 325 Å². The summed E-state index contributed by atoms with van der Waals surface area (Å²) in [6.07, 6.45) is 48.9. The van der Waals surface area contributed by atoms with Crippen molar-refractivity contribution in [2.75, 3.05) is 39.6 Å². The molecule has 558 valence electrons. The van der Waals surface area contributed by atoms with Crippen molar-refractivity contribution in [3.63, 3.8) is 0 Å². The van der Waals surface area contributed by atoms with Crippen LogP contribution in [0.4, 0.5) is 0 Å². The molecule has 0 amide bonds. The van der Waals surface area contributed by atoms with Crippen LogP contribution in [0, 0.1) is 23.7 Å². The van der Waals surface area contributed by atoms with Crippen molar-refractivity contribution in [3.05, 3.63) is 0 Å². The van der Waals surface area contributed by atoms with E-state index in [2.05, 4.69) is 55.4 Å². The van der Waals surface area contributed by atoms with Gasteiger partial charge in [-0.05, 0) is 49.4 Å². The van der Waals surface area contributed by atoms with E-state index in [4.69, 9.17) is 37.0 Å². The molecule has 0 aromatic rings. The van der Waals surface area contributed by atoms with Gasteiger partial charge in [-0.25, -0.2) is 9.13 Å². The first-order valence-corrected chi connectivity index (χ1v) is 41.7. The van der Waals surface area contributed by atoms with Crippen molar-refractivity contribution in [1.82, 2.24) is 0 Å². The van der Waals surface area contributed by atoms with E-state index in [9.17, 15) is 43.2 Å². The van der Waals surface area contributed by atoms with Crippen molar-refractivity contribution >= 4 is 39.5 Å². The molecule has 0 saturated heterocycles. The van der Waals surface area contributed by atoms with E-state index in [0.717, 1.165) is 114 Å². The summed E-state index contributed by atoms with van der Waals surface area (Å²) in [5.74, 6) is 0.894. The van der Waals surface area contributed by atoms with Gasteiger partial charge >= 0.3 is 39.5 Å². The van der Waals surface area contributed by atoms with Crippen LogP contribution in [0.3, 0.4) is 0 Å². The molecular weight excluding hydrogens is 1230 g/mol. The highest BCUT2D eigenvalue weighted by molar-refractivity contribution is 7.47. The van der Waals surface area contributed by atoms with Crippen LogP contribution in [-0.2, 0) is 65.4 Å². The first-order valence-electron chi connectivity index (χ1n) is 38.7. The average molecular weight is 1380 g/mol. The number of unbranched alkanes of at least 4 members (excludes halogenated alkanes) is 37. The predicted molar refractivity (Wildman–Crippen MR) is 381 cm³/mol. The number of aliphatic hydroxyl groups excluding tert-OH is 1. The Morgan fingerprint density at radius 1 is 0.298 bits per heavy atom. The van der Waals surface area contributed by atoms with Crippen molar-refractivity contribution in [1.29, 1.82) is 0 Å². The van der Waals surface area contributed by atoms with E-state index in [1.807, 2.05) is 0 Å². The third kappa shape index (κ3) is 67.3. The van der Waals surface area contributed by atoms with Gasteiger partial charge in [0.1, 0.15) is 19.3 Å². The predicted octanol–water partition coefficient (Wildman–Crippen LogP) is 21.7. The minimum Gasteiger partial charge on any atom is -0.462 e. The van der Waals surface area contributed by atoms with Gasteiger partial charge in [-0.15, -0.1) is 0 Å². The quantitative estimate of drug-likeness (QED) is 0.0222. The first-order chi connectivity index (χ1) is 45.1. The fourth-order valence-corrected chi connectivity index (χ4v) is 12.9. The minimum absolute atomic E-state index is 0.103. The monoisotopic (exact) mass is 1380 g/mol. The maximum Gasteiger partial charge on any atom is 0.472 e. The molecule has 4 unspecified atom stereocenters. The lowest BCUT2D eigenvalue weighted by Crippen LogP contribution is -2.30. The van der Waals surface area contributed by atoms with Gasteiger partial charge in [-0.2, -0.15) is 0 Å². The number of phosphoric ester groups is 2. The largest absolute Gasteiger partial charge is 0.472 e. The number of rotatable bonds is 72. The lowest BCUT2D eigenvalue weighted by atomic mass is 9.99. The zero-order valence-corrected chi connectivity index (χ0v) is 63.4. The molecule has 0 spiro atoms. The highest BCUT2D eigenvalue weighted by Gasteiger charge is 2.30. The van der Waals surface area contributed by atoms with E-state index in [1.165, 1.54) is 173 Å². The highest BCUT2D eigenvalue weighted by atomic mass is 31.2. The van der Waals surface area contributed by atoms with Crippen LogP contribution < -0.4 is 0 Å². The number of ether oxygens (including phenoxy) is 4. The lowest BCUT2D eigenvalue weighted by Gasteiger charge is -2.21. The van der Waals surface area contributed by atoms with E-state index in [-0.39, 0.29) is 25.7 Å². The van der Waals surface area contributed by atoms with Crippen LogP contribution in [0.1, 0.15) is 376 Å². The molecule has 0 rings (SSSR count). The van der Waals surface area contributed by atoms with Gasteiger partial charge < -0.3 is 33.8 Å². The standard InChI is InChI=1S/C75H146O17P2/c1-9-68(8)54-46-38-30-20-18-16-14-12-10-11-13-15-17-19-21-32-41-49-57-74(79)91-71(62-86-73(78)56-48-40-34-26-29-37-45-53-67(6)7)64-90-94(83,84)88-60-69(76)59-87-93(81,82)89-63-70(92-75(80)58-50-42-33-25-23-28-36-44-52-66(4)5)61-85-72(77)55-47-39-31-24-22-27-35-43-51-65(2)3/h65-71,76H,9-64H2,1-8H3,(H,81,82)(H,83,84)/t68?,69?,70-,71-/m1/s1. The smallest absolute Gasteiger partial charge is 0.462 e. The zero-order chi connectivity index (χ0) is 69.6. The third-order valence-electron chi connectivity index (χ3n) is 17.7. The van der Waals surface area contributed by atoms with Gasteiger partial charge in [0.2, 0.25) is 0 Å². The number of carbonyl (C=O) groups is 4. The Kier molecular flexibility index (Phi) is 63.1. The molecular formula is C75H146O17P2. The number of carbonyl (C=O) groups excluding carboxylic acids is 4. The zero-order valence-electron chi connectivity index (χ0n) is 61.6. The van der Waals surface area contributed by atoms with Crippen LogP contribution in [0.2, 0.25) is 0 Å². The summed E-state index contributed by atoms with van der Waals surface area (Å²) < 4.78 is 68.4. The summed E-state index contributed by atoms with van der Waals surface area (Å²) in [6.45, 7) is 14.1. The fourth-order valence-electron chi connectivity index (χ4n) is 11.3. The number of phosphoric acid groups is 2. The van der Waals surface area contributed by atoms with Gasteiger partial charge in [0, 0.05) is 25.7 Å². The highest BCUT2D eigenvalue weighted by Crippen LogP contribution is 2.45. The Morgan fingerprint density at radius 2 is 0.511 bits per heavy atom. The molecule has 0 aliphatic rings. The van der Waals surface area contributed by atoms with Gasteiger partial charge in [0.25, 0.3) is 0 Å². The molecule has 0 aromatic carbocycles. The molecule has 17 nitrogen and oxygen atoms in total. The SMILES string of the molecule is CCC(C)CCCCCCCCCCCCCCCCCCCCC(=O)O[C@H](COC(=O)CCCCCCCCCC(C)C)COP(=O)(O)OCC(O)COP(=O)(O)OC[C@@H](COC(=O)CCCCCCCCCCC(C)C)OC(=O)CCCCCCCCCCC(C)C. The molecule has 0 aromatic heterocycles. The number of hydrogen-bond donors (Lipinski definition) is 3. The number of aliphatic hydroxyl groups is 1. The Bertz CT molecular complexity index is 1850. The maximum atomic E-state index is 13.1. The summed E-state index contributed by atoms with van der Waals surface area (Å²) in [5.41, 5.74) is 0. The van der Waals surface area contributed by atoms with Crippen LogP contribution in [0.15, 0.2) is 0 Å². The third-order valence-corrected chi connectivity index (χ3v) is 19.6. The summed E-state index contributed by atoms with van der Waals surface area (Å²) in [6, 6.07) is 0. The van der Waals surface area contributed by atoms with Crippen molar-refractivity contribution < 1.29 is 80.2 Å². The summed E-state index contributed by atoms with van der Waals surface area (Å²) in [7, 11) is -9.91. The van der Waals surface area contributed by atoms with E-state index >= 15 is 0 Å². The average Bonchev–Trinajstić information content (AvgIpc) is 1.30. The van der Waals surface area contributed by atoms with Crippen molar-refractivity contribution in [2.45, 2.75) is 395 Å². The van der Waals surface area contributed by atoms with Gasteiger partial charge in [-0.3, -0.25) is 37.3 Å². The molecule has 0 heterocycles. The van der Waals surface area contributed by atoms with Crippen LogP contribution in [-0.4, -0.2) is 96.7 Å². The van der Waals surface area contributed by atoms with E-state index in [0.29, 0.717) is 31.6 Å². The second-order valence-electron chi connectivity index (χ2n) is 28.7. The van der Waals surface area contributed by atoms with Crippen LogP contribution in [0.5, 0.6) is 0 Å². The number of esters is 4. The molecule has 94 heavy (non-hydrogen) atoms. The fraction of sp³-hybridized carbons (Fsp3) is 0.947. The Labute approximate surface area is 575 Å². The summed E-state index contributed by atoms with van der Waals surface area (Å²) in [4.78, 5) is 72.7. The molecule has 6 atom stereocenters. The van der Waals surface area contributed by atoms with E-state index in [1.54, 1.807) is 0 Å². The lowest BCUT2D eigenvalue weighted by molar-refractivity contribution is -0.161. The second-order valence-corrected chi connectivity index (χ2v) is 31.6. The van der Waals surface area contributed by atoms with Crippen LogP contribution in [0.25, 0.3) is 0 Å². The number of hydrogen-bond acceptors (Lipinski definition) is 15. The molecule has 19 heteroatoms. The topological polar surface area (TPSA) is 237 Å². The molecule has 0 aliphatic carbocycles. The molecule has 0 radical (unpaired) electrons.